The first-order valence-electron chi connectivity index (χ1n) is 31.3. The monoisotopic (exact) mass is 1350 g/mol. The lowest BCUT2D eigenvalue weighted by Gasteiger charge is -2.33. The first-order chi connectivity index (χ1) is 44.7. The van der Waals surface area contributed by atoms with Crippen molar-refractivity contribution < 1.29 is 88.1 Å². The molecule has 13 atom stereocenters. The lowest BCUT2D eigenvalue weighted by molar-refractivity contribution is -0.433. The predicted octanol–water partition coefficient (Wildman–Crippen LogP) is 2.27. The Morgan fingerprint density at radius 2 is 1.41 bits per heavy atom. The second kappa shape index (κ2) is 35.9. The highest BCUT2D eigenvalue weighted by molar-refractivity contribution is 7.90. The molecular formula is C64H88N10O18S2. The highest BCUT2D eigenvalue weighted by Crippen LogP contribution is 2.33. The quantitative estimate of drug-likeness (QED) is 0.0246. The summed E-state index contributed by atoms with van der Waals surface area (Å²) in [6, 6.07) is 9.43. The van der Waals surface area contributed by atoms with Gasteiger partial charge in [0.25, 0.3) is 18.2 Å². The third-order valence-electron chi connectivity index (χ3n) is 16.6. The van der Waals surface area contributed by atoms with Gasteiger partial charge in [-0.05, 0) is 101 Å². The molecule has 3 aliphatic heterocycles. The Bertz CT molecular complexity index is 3220. The molecular weight excluding hydrogens is 1260 g/mol. The molecule has 0 bridgehead atoms. The van der Waals surface area contributed by atoms with Crippen molar-refractivity contribution in [3.05, 3.63) is 89.1 Å². The minimum atomic E-state index is -2.15. The number of benzene rings is 3. The number of fused-ring (bicyclic) bond motifs is 2. The minimum absolute atomic E-state index is 0.0612. The number of rotatable bonds is 21. The van der Waals surface area contributed by atoms with Gasteiger partial charge in [-0.15, -0.1) is 11.3 Å². The maximum Gasteiger partial charge on any atom is 0.261 e. The van der Waals surface area contributed by atoms with Crippen LogP contribution >= 0.6 is 23.7 Å². The van der Waals surface area contributed by atoms with Gasteiger partial charge in [-0.1, -0.05) is 85.4 Å². The van der Waals surface area contributed by atoms with Crippen LogP contribution in [0.3, 0.4) is 0 Å². The topological polar surface area (TPSA) is 416 Å². The van der Waals surface area contributed by atoms with Crippen molar-refractivity contribution in [3.63, 3.8) is 0 Å². The molecule has 13 N–H and O–H groups in total. The van der Waals surface area contributed by atoms with E-state index in [-0.39, 0.29) is 35.7 Å². The number of carbonyl (C=O) groups excluding carboxylic acids is 7. The molecule has 0 unspecified atom stereocenters. The fraction of sp³-hybridized carbons (Fsp3) is 0.547. The van der Waals surface area contributed by atoms with E-state index < -0.39 is 165 Å². The number of nitrogens with zero attached hydrogens (tertiary/aromatic N) is 5. The van der Waals surface area contributed by atoms with Crippen LogP contribution in [0.5, 0.6) is 11.5 Å². The summed E-state index contributed by atoms with van der Waals surface area (Å²) in [5.41, 5.74) is 2.74. The van der Waals surface area contributed by atoms with Crippen molar-refractivity contribution in [1.82, 2.24) is 46.3 Å². The predicted molar refractivity (Wildman–Crippen MR) is 345 cm³/mol. The van der Waals surface area contributed by atoms with Gasteiger partial charge in [0.05, 0.1) is 59.0 Å². The van der Waals surface area contributed by atoms with Gasteiger partial charge in [-0.25, -0.2) is 10.2 Å². The van der Waals surface area contributed by atoms with Crippen LogP contribution in [0, 0.1) is 17.2 Å². The van der Waals surface area contributed by atoms with Gasteiger partial charge in [0.15, 0.2) is 11.5 Å². The molecule has 3 saturated heterocycles. The van der Waals surface area contributed by atoms with Crippen LogP contribution in [0.2, 0.25) is 0 Å². The third kappa shape index (κ3) is 20.3. The molecule has 1 aromatic heterocycles. The normalized spacial score (nSPS) is 24.4. The van der Waals surface area contributed by atoms with Crippen molar-refractivity contribution in [2.45, 2.75) is 192 Å². The average Bonchev–Trinajstić information content (AvgIpc) is 1.62. The van der Waals surface area contributed by atoms with Gasteiger partial charge in [-0.2, -0.15) is 5.26 Å². The number of carbonyl (C=O) groups is 7. The van der Waals surface area contributed by atoms with E-state index in [0.29, 0.717) is 12.1 Å². The molecule has 4 heterocycles. The molecule has 94 heavy (non-hydrogen) atoms. The zero-order chi connectivity index (χ0) is 69.1. The summed E-state index contributed by atoms with van der Waals surface area (Å²) in [6.07, 6.45) is -6.93. The maximum atomic E-state index is 14.6. The summed E-state index contributed by atoms with van der Waals surface area (Å²) < 4.78 is 9.30. The van der Waals surface area contributed by atoms with Crippen molar-refractivity contribution >= 4 is 65.0 Å². The lowest BCUT2D eigenvalue weighted by Crippen LogP contribution is -2.64. The summed E-state index contributed by atoms with van der Waals surface area (Å²) in [6.45, 7) is 15.5. The van der Waals surface area contributed by atoms with Gasteiger partial charge in [0.2, 0.25) is 35.4 Å². The fourth-order valence-electron chi connectivity index (χ4n) is 11.6. The first-order valence-corrected chi connectivity index (χ1v) is 32.8. The number of thiazole rings is 1. The summed E-state index contributed by atoms with van der Waals surface area (Å²) in [5, 5.41) is 113. The Morgan fingerprint density at radius 1 is 0.787 bits per heavy atom. The molecule has 0 spiro atoms. The number of β-amino-alcohol motifs (C(OH)–C–C–N with tert-alkyl or cyclic N) is 1. The van der Waals surface area contributed by atoms with E-state index in [0.717, 1.165) is 87.7 Å². The number of aromatic nitrogens is 1. The zero-order valence-corrected chi connectivity index (χ0v) is 55.4. The highest BCUT2D eigenvalue weighted by atomic mass is 32.2. The number of hydrogen-bond acceptors (Lipinski definition) is 23. The van der Waals surface area contributed by atoms with E-state index in [1.54, 1.807) is 29.5 Å². The van der Waals surface area contributed by atoms with E-state index in [4.69, 9.17) is 9.44 Å². The minimum Gasteiger partial charge on any atom is -0.504 e. The van der Waals surface area contributed by atoms with E-state index in [1.165, 1.54) is 25.1 Å². The second-order valence-electron chi connectivity index (χ2n) is 24.2. The van der Waals surface area contributed by atoms with Crippen LogP contribution in [0.25, 0.3) is 21.6 Å². The Hall–Kier alpha value is -7.38. The number of unbranched alkanes of at least 4 members (excludes halogenated alkanes) is 2. The molecule has 7 amide bonds. The number of nitrogens with one attached hydrogen (secondary N) is 5. The van der Waals surface area contributed by atoms with Gasteiger partial charge in [-0.3, -0.25) is 38.5 Å². The largest absolute Gasteiger partial charge is 0.504 e. The van der Waals surface area contributed by atoms with Crippen LogP contribution in [0.15, 0.2) is 72.9 Å². The molecule has 30 heteroatoms. The van der Waals surface area contributed by atoms with E-state index >= 15 is 0 Å². The van der Waals surface area contributed by atoms with E-state index in [9.17, 15) is 74.6 Å². The number of nitriles is 1. The number of phenolic OH excluding ortho intramolecular Hbond substituents is 1. The molecule has 28 nitrogen and oxygen atoms in total. The number of amides is 7. The lowest BCUT2D eigenvalue weighted by atomic mass is 9.98. The Kier molecular flexibility index (Phi) is 28.9. The average molecular weight is 1350 g/mol. The van der Waals surface area contributed by atoms with Gasteiger partial charge in [0.1, 0.15) is 36.3 Å². The van der Waals surface area contributed by atoms with Crippen LogP contribution in [-0.4, -0.2) is 213 Å². The van der Waals surface area contributed by atoms with Gasteiger partial charge in [0, 0.05) is 68.7 Å². The highest BCUT2D eigenvalue weighted by Gasteiger charge is 2.50. The summed E-state index contributed by atoms with van der Waals surface area (Å²) in [7, 11) is 0. The maximum absolute atomic E-state index is 14.6. The Morgan fingerprint density at radius 3 is 2.02 bits per heavy atom. The molecule has 3 aromatic carbocycles. The molecule has 3 aliphatic rings. The van der Waals surface area contributed by atoms with E-state index in [1.807, 2.05) is 30.5 Å². The molecule has 3 fully saturated rings. The summed E-state index contributed by atoms with van der Waals surface area (Å²) in [4.78, 5) is 111. The molecule has 0 saturated carbocycles. The zero-order valence-electron chi connectivity index (χ0n) is 53.8. The smallest absolute Gasteiger partial charge is 0.261 e. The molecule has 514 valence electrons. The molecule has 7 rings (SSSR count). The standard InChI is InChI=1S/C56H69N9O18S2.C8H19N/c1-4-5-6-7-44-58-25-43(84-44)33-13-9-31(10-14-33)32-11-15-34(16-12-32)50(73)60-37-22-35(67)24-59-54(77)48-49(72)28(2)26-65(48)56(79)47(40(70)18-19-57)63-53(76)46(41(71)20-30-8-17-39(69)42(21-30)81-85-83-82-80)62-52(75)38-23-36(68)27-64(38)55(78)45(29(3)66)61-51(37)74;1-6-9(7(2)3)8(4)5/h8-17,21,25,28-29,35-38,40-41,45-49,66-72,80H,4-7,18,20,22-24,26-27H2,1-3H3,(H,59,77)(H,60,73)(H,61,74)(H,62,75)(H,63,76);7-8H,6H2,1-5H3/t28-,29+,35+,36+,37+,38+,40-,41-,45+,46+,47+,48+,49+;/m1./s1. The first kappa shape index (κ1) is 75.6. The van der Waals surface area contributed by atoms with Crippen molar-refractivity contribution in [1.29, 1.82) is 5.26 Å². The number of aromatic hydroxyl groups is 1. The second-order valence-corrected chi connectivity index (χ2v) is 25.8. The van der Waals surface area contributed by atoms with Gasteiger partial charge >= 0.3 is 0 Å². The van der Waals surface area contributed by atoms with Gasteiger partial charge < -0.3 is 76.3 Å². The van der Waals surface area contributed by atoms with Crippen LogP contribution < -0.4 is 30.8 Å². The molecule has 4 aromatic rings. The fourth-order valence-corrected chi connectivity index (χ4v) is 12.8. The number of aliphatic hydroxyl groups excluding tert-OH is 6. The van der Waals surface area contributed by atoms with Crippen molar-refractivity contribution in [3.8, 4) is 39.1 Å². The molecule has 0 aliphatic carbocycles. The van der Waals surface area contributed by atoms with E-state index in [2.05, 4.69) is 87.4 Å². The van der Waals surface area contributed by atoms with Crippen LogP contribution in [0.4, 0.5) is 0 Å². The summed E-state index contributed by atoms with van der Waals surface area (Å²) in [5.74, 6) is -9.55. The van der Waals surface area contributed by atoms with Crippen molar-refractivity contribution in [2.24, 2.45) is 5.92 Å². The van der Waals surface area contributed by atoms with Crippen molar-refractivity contribution in [2.75, 3.05) is 26.2 Å². The number of aryl methyl sites for hydroxylation is 1. The summed E-state index contributed by atoms with van der Waals surface area (Å²) >= 11 is 1.71. The van der Waals surface area contributed by atoms with Crippen LogP contribution in [0.1, 0.15) is 115 Å². The third-order valence-corrected chi connectivity index (χ3v) is 18.1. The number of phenols is 1. The number of hydrogen-bond donors (Lipinski definition) is 13. The Labute approximate surface area is 554 Å². The SMILES string of the molecule is CCCCCc1ncc(-c2ccc(-c3ccc(C(=O)N[C@H]4C[C@H](O)CNC(=O)[C@@H]5[C@@H](O)[C@H](C)CN5C(=O)[C@H]([C@H](O)CC#N)NC(=O)[C@H]([C@H](O)Cc5ccc(O)c(OSOOO)c5)NC(=O)[C@@H]5C[C@H](O)CN5C(=O)[C@H]([C@H](C)O)NC4=O)cc3)cc2)s1.CCN(C(C)C)C(C)C. The molecule has 0 radical (unpaired) electrons. The van der Waals surface area contributed by atoms with Crippen LogP contribution in [-0.2, 0) is 51.0 Å². The number of aliphatic hydroxyl groups is 6. The Balaban J connectivity index is 0.00000144.